The molecule has 8 nitrogen and oxygen atoms in total. The molecule has 176 valence electrons. The third kappa shape index (κ3) is 5.05. The van der Waals surface area contributed by atoms with E-state index in [9.17, 15) is 14.7 Å². The predicted molar refractivity (Wildman–Crippen MR) is 131 cm³/mol. The van der Waals surface area contributed by atoms with Gasteiger partial charge in [-0.25, -0.2) is 14.8 Å². The number of carboxylic acids is 1. The number of hydrogen-bond acceptors (Lipinski definition) is 7. The van der Waals surface area contributed by atoms with Crippen LogP contribution in [0.5, 0.6) is 0 Å². The van der Waals surface area contributed by atoms with Crippen LogP contribution in [-0.2, 0) is 9.53 Å². The SMILES string of the molecule is CCC1=C(Cl)N=C(C(=O)N[C@@H]2CCN(c3nc4cccc(C(=O)O)c4s3)C[C@@H]2OC(C)C)C1. The van der Waals surface area contributed by atoms with Crippen molar-refractivity contribution in [2.24, 2.45) is 4.99 Å². The lowest BCUT2D eigenvalue weighted by molar-refractivity contribution is -0.117. The predicted octanol–water partition coefficient (Wildman–Crippen LogP) is 4.19. The summed E-state index contributed by atoms with van der Waals surface area (Å²) >= 11 is 7.52. The number of nitrogens with zero attached hydrogens (tertiary/aromatic N) is 3. The lowest BCUT2D eigenvalue weighted by atomic mass is 10.0. The van der Waals surface area contributed by atoms with Gasteiger partial charge in [-0.05, 0) is 44.4 Å². The highest BCUT2D eigenvalue weighted by Crippen LogP contribution is 2.33. The first-order chi connectivity index (χ1) is 15.8. The number of allylic oxidation sites excluding steroid dienone is 1. The second-order valence-electron chi connectivity index (χ2n) is 8.48. The lowest BCUT2D eigenvalue weighted by Gasteiger charge is -2.39. The molecule has 2 N–H and O–H groups in total. The summed E-state index contributed by atoms with van der Waals surface area (Å²) < 4.78 is 6.83. The number of thiazole rings is 1. The van der Waals surface area contributed by atoms with Gasteiger partial charge in [0.15, 0.2) is 5.13 Å². The molecule has 3 heterocycles. The number of rotatable bonds is 7. The van der Waals surface area contributed by atoms with Crippen LogP contribution in [0.2, 0.25) is 0 Å². The van der Waals surface area contributed by atoms with Crippen LogP contribution in [-0.4, -0.2) is 59.0 Å². The molecular formula is C23H27ClN4O4S. The summed E-state index contributed by atoms with van der Waals surface area (Å²) in [6.07, 6.45) is 1.65. The first-order valence-corrected chi connectivity index (χ1v) is 12.3. The number of anilines is 1. The number of carbonyl (C=O) groups excluding carboxylic acids is 1. The van der Waals surface area contributed by atoms with Crippen LogP contribution < -0.4 is 10.2 Å². The summed E-state index contributed by atoms with van der Waals surface area (Å²) in [6.45, 7) is 7.13. The Morgan fingerprint density at radius 3 is 2.85 bits per heavy atom. The number of benzene rings is 1. The summed E-state index contributed by atoms with van der Waals surface area (Å²) in [5, 5.41) is 13.8. The van der Waals surface area contributed by atoms with Crippen LogP contribution >= 0.6 is 22.9 Å². The number of carbonyl (C=O) groups is 2. The van der Waals surface area contributed by atoms with Crippen LogP contribution in [0.25, 0.3) is 10.2 Å². The zero-order valence-corrected chi connectivity index (χ0v) is 20.4. The van der Waals surface area contributed by atoms with Crippen molar-refractivity contribution in [2.45, 2.75) is 58.3 Å². The number of aromatic nitrogens is 1. The number of nitrogens with one attached hydrogen (secondary N) is 1. The van der Waals surface area contributed by atoms with E-state index in [0.29, 0.717) is 47.0 Å². The average Bonchev–Trinajstić information content (AvgIpc) is 3.37. The zero-order valence-electron chi connectivity index (χ0n) is 18.8. The van der Waals surface area contributed by atoms with Gasteiger partial charge in [0, 0.05) is 19.5 Å². The van der Waals surface area contributed by atoms with Crippen LogP contribution in [0, 0.1) is 0 Å². The Hall–Kier alpha value is -2.49. The highest BCUT2D eigenvalue weighted by molar-refractivity contribution is 7.22. The molecule has 2 aromatic rings. The number of aliphatic imine (C=N–C) groups is 1. The number of halogens is 1. The Morgan fingerprint density at radius 1 is 1.39 bits per heavy atom. The number of amides is 1. The molecule has 2 aliphatic rings. The molecule has 0 spiro atoms. The first-order valence-electron chi connectivity index (χ1n) is 11.1. The maximum atomic E-state index is 12.9. The number of ether oxygens (including phenoxy) is 1. The minimum Gasteiger partial charge on any atom is -0.478 e. The van der Waals surface area contributed by atoms with Gasteiger partial charge < -0.3 is 20.1 Å². The molecule has 0 radical (unpaired) electrons. The highest BCUT2D eigenvalue weighted by Gasteiger charge is 2.34. The molecule has 0 bridgehead atoms. The molecule has 0 aliphatic carbocycles. The van der Waals surface area contributed by atoms with E-state index in [1.54, 1.807) is 12.1 Å². The molecule has 10 heteroatoms. The van der Waals surface area contributed by atoms with Gasteiger partial charge in [0.2, 0.25) is 0 Å². The lowest BCUT2D eigenvalue weighted by Crippen LogP contribution is -2.56. The van der Waals surface area contributed by atoms with Crippen molar-refractivity contribution in [1.29, 1.82) is 0 Å². The Kier molecular flexibility index (Phi) is 7.02. The molecule has 1 saturated heterocycles. The second kappa shape index (κ2) is 9.79. The maximum Gasteiger partial charge on any atom is 0.337 e. The molecule has 2 atom stereocenters. The molecule has 33 heavy (non-hydrogen) atoms. The Labute approximate surface area is 201 Å². The molecule has 1 aromatic heterocycles. The third-order valence-corrected chi connectivity index (χ3v) is 7.34. The first kappa shape index (κ1) is 23.7. The number of piperidine rings is 1. The number of aromatic carboxylic acids is 1. The average molecular weight is 491 g/mol. The molecule has 1 aromatic carbocycles. The number of hydrogen-bond donors (Lipinski definition) is 2. The topological polar surface area (TPSA) is 104 Å². The largest absolute Gasteiger partial charge is 0.478 e. The van der Waals surface area contributed by atoms with E-state index in [4.69, 9.17) is 16.3 Å². The molecule has 0 saturated carbocycles. The van der Waals surface area contributed by atoms with Gasteiger partial charge in [0.25, 0.3) is 5.91 Å². The minimum atomic E-state index is -0.964. The van der Waals surface area contributed by atoms with E-state index in [-0.39, 0.29) is 29.7 Å². The van der Waals surface area contributed by atoms with Crippen LogP contribution in [0.3, 0.4) is 0 Å². The van der Waals surface area contributed by atoms with Crippen molar-refractivity contribution in [3.05, 3.63) is 34.5 Å². The van der Waals surface area contributed by atoms with Gasteiger partial charge in [0.1, 0.15) is 10.9 Å². The highest BCUT2D eigenvalue weighted by atomic mass is 35.5. The fraction of sp³-hybridized carbons (Fsp3) is 0.478. The standard InChI is InChI=1S/C23H27ClN4O4S/c1-4-13-10-17(25-20(13)24)21(29)26-15-8-9-28(11-18(15)32-12(2)3)23-27-16-7-5-6-14(22(30)31)19(16)33-23/h5-7,12,15,18H,4,8-11H2,1-3H3,(H,26,29)(H,30,31)/t15-,18+/m1/s1. The zero-order chi connectivity index (χ0) is 23.7. The van der Waals surface area contributed by atoms with E-state index in [1.165, 1.54) is 11.3 Å². The third-order valence-electron chi connectivity index (χ3n) is 5.82. The van der Waals surface area contributed by atoms with Crippen LogP contribution in [0.1, 0.15) is 50.4 Å². The minimum absolute atomic E-state index is 0.0186. The number of fused-ring (bicyclic) bond motifs is 1. The van der Waals surface area contributed by atoms with Gasteiger partial charge in [0.05, 0.1) is 34.0 Å². The Morgan fingerprint density at radius 2 is 2.18 bits per heavy atom. The summed E-state index contributed by atoms with van der Waals surface area (Å²) in [7, 11) is 0. The fourth-order valence-corrected chi connectivity index (χ4v) is 5.56. The van der Waals surface area contributed by atoms with E-state index in [2.05, 4.69) is 20.2 Å². The van der Waals surface area contributed by atoms with Crippen molar-refractivity contribution in [2.75, 3.05) is 18.0 Å². The van der Waals surface area contributed by atoms with Crippen molar-refractivity contribution in [3.8, 4) is 0 Å². The van der Waals surface area contributed by atoms with Crippen LogP contribution in [0.15, 0.2) is 33.9 Å². The van der Waals surface area contributed by atoms with E-state index < -0.39 is 5.97 Å². The second-order valence-corrected chi connectivity index (χ2v) is 9.81. The van der Waals surface area contributed by atoms with Crippen molar-refractivity contribution in [3.63, 3.8) is 0 Å². The van der Waals surface area contributed by atoms with Crippen LogP contribution in [0.4, 0.5) is 5.13 Å². The molecule has 0 unspecified atom stereocenters. The van der Waals surface area contributed by atoms with Gasteiger partial charge in [-0.2, -0.15) is 0 Å². The quantitative estimate of drug-likeness (QED) is 0.564. The van der Waals surface area contributed by atoms with Gasteiger partial charge in [-0.1, -0.05) is 35.9 Å². The fourth-order valence-electron chi connectivity index (χ4n) is 4.15. The summed E-state index contributed by atoms with van der Waals surface area (Å²) in [6, 6.07) is 4.95. The van der Waals surface area contributed by atoms with Crippen molar-refractivity contribution < 1.29 is 19.4 Å². The van der Waals surface area contributed by atoms with E-state index in [0.717, 1.165) is 17.1 Å². The Bertz CT molecular complexity index is 1140. The van der Waals surface area contributed by atoms with Crippen molar-refractivity contribution >= 4 is 55.9 Å². The van der Waals surface area contributed by atoms with E-state index >= 15 is 0 Å². The molecular weight excluding hydrogens is 464 g/mol. The Balaban J connectivity index is 1.50. The molecule has 1 amide bonds. The maximum absolute atomic E-state index is 12.9. The van der Waals surface area contributed by atoms with Gasteiger partial charge >= 0.3 is 5.97 Å². The van der Waals surface area contributed by atoms with E-state index in [1.807, 2.05) is 26.8 Å². The van der Waals surface area contributed by atoms with Crippen molar-refractivity contribution in [1.82, 2.24) is 10.3 Å². The molecule has 1 fully saturated rings. The summed E-state index contributed by atoms with van der Waals surface area (Å²) in [5.74, 6) is -1.17. The molecule has 4 rings (SSSR count). The van der Waals surface area contributed by atoms with Gasteiger partial charge in [-0.3, -0.25) is 4.79 Å². The summed E-state index contributed by atoms with van der Waals surface area (Å²) in [5.41, 5.74) is 2.34. The van der Waals surface area contributed by atoms with Gasteiger partial charge in [-0.15, -0.1) is 0 Å². The normalized spacial score (nSPS) is 21.1. The molecule has 2 aliphatic heterocycles. The monoisotopic (exact) mass is 490 g/mol. The smallest absolute Gasteiger partial charge is 0.337 e. The summed E-state index contributed by atoms with van der Waals surface area (Å²) in [4.78, 5) is 35.4. The number of carboxylic acid groups (broad SMARTS) is 1.